The van der Waals surface area contributed by atoms with Gasteiger partial charge in [0.2, 0.25) is 0 Å². The molecule has 1 amide bonds. The lowest BCUT2D eigenvalue weighted by atomic mass is 10.1. The summed E-state index contributed by atoms with van der Waals surface area (Å²) < 4.78 is 3.51. The first-order valence-electron chi connectivity index (χ1n) is 7.97. The fraction of sp³-hybridized carbons (Fsp3) is 0.500. The Hall–Kier alpha value is -2.09. The summed E-state index contributed by atoms with van der Waals surface area (Å²) in [4.78, 5) is 28.8. The number of carbonyl (C=O) groups excluding carboxylic acids is 1. The monoisotopic (exact) mass is 347 g/mol. The third kappa shape index (κ3) is 3.38. The highest BCUT2D eigenvalue weighted by atomic mass is 32.2. The van der Waals surface area contributed by atoms with Crippen molar-refractivity contribution in [3.63, 3.8) is 0 Å². The number of thioether (sulfide) groups is 1. The molecule has 0 saturated carbocycles. The van der Waals surface area contributed by atoms with E-state index in [-0.39, 0.29) is 22.9 Å². The lowest BCUT2D eigenvalue weighted by Gasteiger charge is -2.14. The van der Waals surface area contributed by atoms with Crippen LogP contribution in [0.5, 0.6) is 0 Å². The van der Waals surface area contributed by atoms with Gasteiger partial charge in [-0.25, -0.2) is 4.98 Å². The Kier molecular flexibility index (Phi) is 4.75. The summed E-state index contributed by atoms with van der Waals surface area (Å²) in [7, 11) is 0. The molecule has 7 nitrogen and oxygen atoms in total. The predicted molar refractivity (Wildman–Crippen MR) is 92.4 cm³/mol. The Morgan fingerprint density at radius 2 is 2.25 bits per heavy atom. The number of nitrogens with zero attached hydrogens (tertiary/aromatic N) is 4. The van der Waals surface area contributed by atoms with E-state index in [4.69, 9.17) is 0 Å². The smallest absolute Gasteiger partial charge is 0.267 e. The van der Waals surface area contributed by atoms with Gasteiger partial charge in [-0.1, -0.05) is 18.7 Å². The first-order valence-corrected chi connectivity index (χ1v) is 8.96. The number of nitrogens with one attached hydrogen (secondary N) is 1. The van der Waals surface area contributed by atoms with Crippen LogP contribution < -0.4 is 10.9 Å². The standard InChI is InChI=1S/C16H21N5O2S/c1-10(9-21-12(3)6-11(2)19-21)7-17-14(22)13-8-18-16-20(15(13)23)4-5-24-16/h6,8,10H,4-5,7,9H2,1-3H3,(H,17,22)/t10-/m0/s1. The number of aromatic nitrogens is 4. The number of rotatable bonds is 5. The summed E-state index contributed by atoms with van der Waals surface area (Å²) in [6, 6.07) is 2.03. The summed E-state index contributed by atoms with van der Waals surface area (Å²) in [6.45, 7) is 7.83. The Bertz CT molecular complexity index is 826. The van der Waals surface area contributed by atoms with Crippen molar-refractivity contribution in [3.8, 4) is 0 Å². The van der Waals surface area contributed by atoms with E-state index in [1.807, 2.05) is 31.5 Å². The van der Waals surface area contributed by atoms with Gasteiger partial charge in [0, 0.05) is 37.3 Å². The van der Waals surface area contributed by atoms with Crippen molar-refractivity contribution >= 4 is 17.7 Å². The zero-order valence-corrected chi connectivity index (χ0v) is 14.9. The van der Waals surface area contributed by atoms with Crippen LogP contribution in [0.2, 0.25) is 0 Å². The SMILES string of the molecule is Cc1cc(C)n(C[C@@H](C)CNC(=O)c2cnc3n(c2=O)CCS3)n1. The van der Waals surface area contributed by atoms with Gasteiger partial charge in [-0.3, -0.25) is 18.8 Å². The van der Waals surface area contributed by atoms with E-state index in [0.29, 0.717) is 18.2 Å². The molecule has 3 rings (SSSR count). The lowest BCUT2D eigenvalue weighted by molar-refractivity contribution is 0.0943. The Morgan fingerprint density at radius 1 is 1.46 bits per heavy atom. The Morgan fingerprint density at radius 3 is 2.96 bits per heavy atom. The van der Waals surface area contributed by atoms with Crippen molar-refractivity contribution in [2.75, 3.05) is 12.3 Å². The van der Waals surface area contributed by atoms with E-state index in [0.717, 1.165) is 23.7 Å². The second-order valence-corrected chi connectivity index (χ2v) is 7.25. The van der Waals surface area contributed by atoms with Crippen LogP contribution in [-0.4, -0.2) is 37.5 Å². The molecule has 0 radical (unpaired) electrons. The number of hydrogen-bond donors (Lipinski definition) is 1. The number of fused-ring (bicyclic) bond motifs is 1. The van der Waals surface area contributed by atoms with E-state index in [9.17, 15) is 9.59 Å². The summed E-state index contributed by atoms with van der Waals surface area (Å²) in [5, 5.41) is 7.95. The van der Waals surface area contributed by atoms with Crippen LogP contribution in [0.4, 0.5) is 0 Å². The van der Waals surface area contributed by atoms with Crippen molar-refractivity contribution in [2.24, 2.45) is 5.92 Å². The first kappa shape index (κ1) is 16.8. The van der Waals surface area contributed by atoms with Crippen LogP contribution in [0.15, 0.2) is 22.2 Å². The molecule has 1 N–H and O–H groups in total. The van der Waals surface area contributed by atoms with Gasteiger partial charge in [-0.15, -0.1) is 0 Å². The average molecular weight is 347 g/mol. The van der Waals surface area contributed by atoms with Crippen molar-refractivity contribution < 1.29 is 4.79 Å². The molecule has 8 heteroatoms. The molecule has 2 aromatic heterocycles. The van der Waals surface area contributed by atoms with Gasteiger partial charge in [-0.2, -0.15) is 5.10 Å². The molecular weight excluding hydrogens is 326 g/mol. The number of amides is 1. The Balaban J connectivity index is 1.61. The van der Waals surface area contributed by atoms with E-state index in [2.05, 4.69) is 15.4 Å². The van der Waals surface area contributed by atoms with Crippen molar-refractivity contribution in [1.82, 2.24) is 24.6 Å². The van der Waals surface area contributed by atoms with Gasteiger partial charge in [0.15, 0.2) is 5.16 Å². The second kappa shape index (κ2) is 6.80. The van der Waals surface area contributed by atoms with Crippen molar-refractivity contribution in [1.29, 1.82) is 0 Å². The van der Waals surface area contributed by atoms with Gasteiger partial charge < -0.3 is 5.32 Å². The largest absolute Gasteiger partial charge is 0.351 e. The zero-order chi connectivity index (χ0) is 17.3. The highest BCUT2D eigenvalue weighted by Gasteiger charge is 2.20. The van der Waals surface area contributed by atoms with E-state index < -0.39 is 0 Å². The summed E-state index contributed by atoms with van der Waals surface area (Å²) in [5.74, 6) is 0.667. The summed E-state index contributed by atoms with van der Waals surface area (Å²) in [6.07, 6.45) is 1.38. The summed E-state index contributed by atoms with van der Waals surface area (Å²) in [5.41, 5.74) is 1.94. The molecule has 3 heterocycles. The molecule has 0 bridgehead atoms. The molecule has 0 fully saturated rings. The van der Waals surface area contributed by atoms with Gasteiger partial charge in [0.1, 0.15) is 5.56 Å². The fourth-order valence-electron chi connectivity index (χ4n) is 2.75. The molecule has 0 spiro atoms. The third-order valence-electron chi connectivity index (χ3n) is 4.00. The molecule has 24 heavy (non-hydrogen) atoms. The maximum atomic E-state index is 12.3. The molecule has 0 saturated heterocycles. The molecule has 128 valence electrons. The zero-order valence-electron chi connectivity index (χ0n) is 14.1. The quantitative estimate of drug-likeness (QED) is 0.823. The minimum Gasteiger partial charge on any atom is -0.351 e. The van der Waals surface area contributed by atoms with E-state index >= 15 is 0 Å². The van der Waals surface area contributed by atoms with Crippen molar-refractivity contribution in [3.05, 3.63) is 39.6 Å². The minimum atomic E-state index is -0.361. The highest BCUT2D eigenvalue weighted by molar-refractivity contribution is 7.99. The lowest BCUT2D eigenvalue weighted by Crippen LogP contribution is -2.36. The molecule has 0 aliphatic carbocycles. The van der Waals surface area contributed by atoms with Gasteiger partial charge in [-0.05, 0) is 25.8 Å². The third-order valence-corrected chi connectivity index (χ3v) is 4.97. The maximum absolute atomic E-state index is 12.3. The molecule has 2 aromatic rings. The molecular formula is C16H21N5O2S. The fourth-order valence-corrected chi connectivity index (χ4v) is 3.67. The maximum Gasteiger partial charge on any atom is 0.267 e. The topological polar surface area (TPSA) is 81.8 Å². The summed E-state index contributed by atoms with van der Waals surface area (Å²) >= 11 is 1.54. The van der Waals surface area contributed by atoms with Gasteiger partial charge >= 0.3 is 0 Å². The van der Waals surface area contributed by atoms with Crippen LogP contribution in [0, 0.1) is 19.8 Å². The van der Waals surface area contributed by atoms with Crippen LogP contribution in [-0.2, 0) is 13.1 Å². The predicted octanol–water partition coefficient (Wildman–Crippen LogP) is 1.23. The van der Waals surface area contributed by atoms with Crippen molar-refractivity contribution in [2.45, 2.75) is 39.0 Å². The van der Waals surface area contributed by atoms with Gasteiger partial charge in [0.25, 0.3) is 11.5 Å². The van der Waals surface area contributed by atoms with E-state index in [1.165, 1.54) is 18.0 Å². The average Bonchev–Trinajstić information content (AvgIpc) is 3.12. The van der Waals surface area contributed by atoms with Gasteiger partial charge in [0.05, 0.1) is 5.69 Å². The van der Waals surface area contributed by atoms with Crippen LogP contribution in [0.1, 0.15) is 28.7 Å². The second-order valence-electron chi connectivity index (χ2n) is 6.18. The normalized spacial score (nSPS) is 14.5. The molecule has 1 aliphatic rings. The first-order chi connectivity index (χ1) is 11.5. The number of carbonyl (C=O) groups is 1. The van der Waals surface area contributed by atoms with Crippen LogP contribution in [0.3, 0.4) is 0 Å². The Labute approximate surface area is 144 Å². The van der Waals surface area contributed by atoms with E-state index in [1.54, 1.807) is 4.57 Å². The molecule has 0 unspecified atom stereocenters. The number of hydrogen-bond acceptors (Lipinski definition) is 5. The molecule has 1 aliphatic heterocycles. The minimum absolute atomic E-state index is 0.111. The number of aryl methyl sites for hydroxylation is 2. The molecule has 1 atom stereocenters. The molecule has 0 aromatic carbocycles. The van der Waals surface area contributed by atoms with Crippen LogP contribution >= 0.6 is 11.8 Å². The highest BCUT2D eigenvalue weighted by Crippen LogP contribution is 2.20. The van der Waals surface area contributed by atoms with Crippen LogP contribution in [0.25, 0.3) is 0 Å².